The van der Waals surface area contributed by atoms with E-state index < -0.39 is 5.91 Å². The molecule has 0 atom stereocenters. The maximum absolute atomic E-state index is 12.1. The molecule has 8 heteroatoms. The average molecular weight is 466 g/mol. The first kappa shape index (κ1) is 23.8. The highest BCUT2D eigenvalue weighted by Crippen LogP contribution is 2.28. The summed E-state index contributed by atoms with van der Waals surface area (Å²) >= 11 is 5.90. The molecule has 0 saturated heterocycles. The number of carbonyl (C=O) groups excluding carboxylic acids is 2. The Morgan fingerprint density at radius 1 is 1.03 bits per heavy atom. The summed E-state index contributed by atoms with van der Waals surface area (Å²) in [6.07, 6.45) is 1.48. The van der Waals surface area contributed by atoms with E-state index in [-0.39, 0.29) is 12.5 Å². The zero-order valence-electron chi connectivity index (χ0n) is 18.3. The van der Waals surface area contributed by atoms with Crippen LogP contribution in [0.1, 0.15) is 27.0 Å². The lowest BCUT2D eigenvalue weighted by molar-refractivity contribution is -0.120. The first-order valence-electron chi connectivity index (χ1n) is 10.2. The smallest absolute Gasteiger partial charge is 0.259 e. The van der Waals surface area contributed by atoms with Gasteiger partial charge < -0.3 is 14.8 Å². The Morgan fingerprint density at radius 2 is 1.82 bits per heavy atom. The van der Waals surface area contributed by atoms with Gasteiger partial charge >= 0.3 is 0 Å². The fourth-order valence-electron chi connectivity index (χ4n) is 2.89. The van der Waals surface area contributed by atoms with Crippen molar-refractivity contribution >= 4 is 29.6 Å². The number of halogens is 1. The first-order chi connectivity index (χ1) is 15.9. The van der Waals surface area contributed by atoms with Crippen molar-refractivity contribution < 1.29 is 19.1 Å². The number of rotatable bonds is 9. The van der Waals surface area contributed by atoms with Crippen molar-refractivity contribution in [1.29, 1.82) is 0 Å². The number of hydrogen-bond donors (Lipinski definition) is 2. The van der Waals surface area contributed by atoms with Gasteiger partial charge in [-0.15, -0.1) is 0 Å². The molecule has 0 saturated carbocycles. The molecule has 0 aliphatic rings. The van der Waals surface area contributed by atoms with Crippen molar-refractivity contribution in [2.45, 2.75) is 13.5 Å². The largest absolute Gasteiger partial charge is 0.493 e. The third-order valence-corrected chi connectivity index (χ3v) is 4.84. The second kappa shape index (κ2) is 11.7. The van der Waals surface area contributed by atoms with E-state index in [1.807, 2.05) is 25.1 Å². The van der Waals surface area contributed by atoms with Crippen molar-refractivity contribution in [3.8, 4) is 11.5 Å². The monoisotopic (exact) mass is 465 g/mol. The molecule has 0 bridgehead atoms. The number of hydrogen-bond acceptors (Lipinski definition) is 5. The van der Waals surface area contributed by atoms with Gasteiger partial charge in [0.2, 0.25) is 0 Å². The van der Waals surface area contributed by atoms with E-state index in [2.05, 4.69) is 15.8 Å². The van der Waals surface area contributed by atoms with Crippen LogP contribution in [0.5, 0.6) is 11.5 Å². The molecular weight excluding hydrogens is 442 g/mol. The van der Waals surface area contributed by atoms with E-state index in [0.717, 1.165) is 11.1 Å². The third kappa shape index (κ3) is 7.36. The van der Waals surface area contributed by atoms with Gasteiger partial charge in [0.05, 0.1) is 19.9 Å². The molecule has 7 nitrogen and oxygen atoms in total. The molecule has 2 N–H and O–H groups in total. The highest BCUT2D eigenvalue weighted by molar-refractivity contribution is 6.30. The normalized spacial score (nSPS) is 10.6. The summed E-state index contributed by atoms with van der Waals surface area (Å²) in [6.45, 7) is 2.07. The number of amides is 2. The van der Waals surface area contributed by atoms with Crippen molar-refractivity contribution in [2.75, 3.05) is 13.7 Å². The van der Waals surface area contributed by atoms with Crippen LogP contribution in [-0.2, 0) is 11.4 Å². The quantitative estimate of drug-likeness (QED) is 0.367. The molecule has 0 heterocycles. The van der Waals surface area contributed by atoms with Crippen molar-refractivity contribution in [3.63, 3.8) is 0 Å². The minimum Gasteiger partial charge on any atom is -0.493 e. The molecule has 0 aromatic heterocycles. The molecule has 0 aliphatic carbocycles. The Balaban J connectivity index is 1.50. The number of methoxy groups -OCH3 is 1. The molecule has 0 fully saturated rings. The fraction of sp³-hybridized carbons (Fsp3) is 0.160. The van der Waals surface area contributed by atoms with Crippen LogP contribution in [0, 0.1) is 6.92 Å². The van der Waals surface area contributed by atoms with Gasteiger partial charge in [-0.3, -0.25) is 9.59 Å². The van der Waals surface area contributed by atoms with Crippen LogP contribution < -0.4 is 20.2 Å². The predicted molar refractivity (Wildman–Crippen MR) is 128 cm³/mol. The lowest BCUT2D eigenvalue weighted by atomic mass is 10.1. The third-order valence-electron chi connectivity index (χ3n) is 4.59. The van der Waals surface area contributed by atoms with Crippen molar-refractivity contribution in [1.82, 2.24) is 10.7 Å². The van der Waals surface area contributed by atoms with Crippen molar-refractivity contribution in [3.05, 3.63) is 94.0 Å². The number of ether oxygens (including phenoxy) is 2. The number of nitrogens with one attached hydrogen (secondary N) is 2. The van der Waals surface area contributed by atoms with Crippen LogP contribution >= 0.6 is 11.6 Å². The Hall–Kier alpha value is -3.84. The number of benzene rings is 3. The molecule has 0 aliphatic heterocycles. The molecule has 0 spiro atoms. The lowest BCUT2D eigenvalue weighted by Crippen LogP contribution is -2.34. The Bertz CT molecular complexity index is 1150. The number of nitrogens with zero attached hydrogens (tertiary/aromatic N) is 1. The van der Waals surface area contributed by atoms with Crippen LogP contribution in [0.25, 0.3) is 0 Å². The highest BCUT2D eigenvalue weighted by atomic mass is 35.5. The van der Waals surface area contributed by atoms with E-state index in [9.17, 15) is 9.59 Å². The second-order valence-corrected chi connectivity index (χ2v) is 7.61. The minimum absolute atomic E-state index is 0.190. The molecule has 3 aromatic rings. The fourth-order valence-corrected chi connectivity index (χ4v) is 3.02. The number of carbonyl (C=O) groups is 2. The Kier molecular flexibility index (Phi) is 8.43. The minimum atomic E-state index is -0.442. The average Bonchev–Trinajstić information content (AvgIpc) is 2.82. The van der Waals surface area contributed by atoms with Crippen LogP contribution in [-0.4, -0.2) is 31.7 Å². The Morgan fingerprint density at radius 3 is 2.55 bits per heavy atom. The van der Waals surface area contributed by atoms with E-state index in [1.54, 1.807) is 55.6 Å². The Labute approximate surface area is 197 Å². The first-order valence-corrected chi connectivity index (χ1v) is 10.5. The van der Waals surface area contributed by atoms with Gasteiger partial charge in [0.15, 0.2) is 11.5 Å². The molecule has 3 aromatic carbocycles. The summed E-state index contributed by atoms with van der Waals surface area (Å²) in [5.41, 5.74) is 5.53. The zero-order valence-corrected chi connectivity index (χ0v) is 19.1. The van der Waals surface area contributed by atoms with Crippen molar-refractivity contribution in [2.24, 2.45) is 5.10 Å². The highest BCUT2D eigenvalue weighted by Gasteiger charge is 2.08. The summed E-state index contributed by atoms with van der Waals surface area (Å²) in [5, 5.41) is 7.16. The topological polar surface area (TPSA) is 89.0 Å². The molecular formula is C25H24ClN3O4. The molecule has 2 amide bonds. The van der Waals surface area contributed by atoms with Gasteiger partial charge in [-0.1, -0.05) is 41.4 Å². The summed E-state index contributed by atoms with van der Waals surface area (Å²) in [6, 6.07) is 19.8. The predicted octanol–water partition coefficient (Wildman–Crippen LogP) is 4.12. The van der Waals surface area contributed by atoms with Crippen LogP contribution in [0.15, 0.2) is 71.8 Å². The number of hydrazone groups is 1. The van der Waals surface area contributed by atoms with Gasteiger partial charge in [-0.25, -0.2) is 5.43 Å². The SMILES string of the molecule is COc1cc(/C=N/NC(=O)CNC(=O)c2cccc(C)c2)ccc1OCc1ccc(Cl)cc1. The lowest BCUT2D eigenvalue weighted by Gasteiger charge is -2.11. The maximum atomic E-state index is 12.1. The molecule has 33 heavy (non-hydrogen) atoms. The van der Waals surface area contributed by atoms with Crippen LogP contribution in [0.4, 0.5) is 0 Å². The van der Waals surface area contributed by atoms with E-state index in [4.69, 9.17) is 21.1 Å². The van der Waals surface area contributed by atoms with Gasteiger partial charge in [-0.2, -0.15) is 5.10 Å². The van der Waals surface area contributed by atoms with Gasteiger partial charge in [-0.05, 0) is 60.5 Å². The van der Waals surface area contributed by atoms with Crippen LogP contribution in [0.2, 0.25) is 5.02 Å². The molecule has 170 valence electrons. The summed E-state index contributed by atoms with van der Waals surface area (Å²) in [4.78, 5) is 24.1. The van der Waals surface area contributed by atoms with Gasteiger partial charge in [0.25, 0.3) is 11.8 Å². The molecule has 0 unspecified atom stereocenters. The molecule has 3 rings (SSSR count). The maximum Gasteiger partial charge on any atom is 0.259 e. The summed E-state index contributed by atoms with van der Waals surface area (Å²) in [7, 11) is 1.55. The van der Waals surface area contributed by atoms with E-state index >= 15 is 0 Å². The van der Waals surface area contributed by atoms with E-state index in [0.29, 0.717) is 34.3 Å². The van der Waals surface area contributed by atoms with Crippen LogP contribution in [0.3, 0.4) is 0 Å². The summed E-state index contributed by atoms with van der Waals surface area (Å²) < 4.78 is 11.2. The second-order valence-electron chi connectivity index (χ2n) is 7.17. The standard InChI is InChI=1S/C25H24ClN3O4/c1-17-4-3-5-20(12-17)25(31)27-15-24(30)29-28-14-19-8-11-22(23(13-19)32-2)33-16-18-6-9-21(26)10-7-18/h3-14H,15-16H2,1-2H3,(H,27,31)(H,29,30)/b28-14+. The molecule has 0 radical (unpaired) electrons. The number of aryl methyl sites for hydroxylation is 1. The summed E-state index contributed by atoms with van der Waals surface area (Å²) in [5.74, 6) is 0.344. The van der Waals surface area contributed by atoms with Gasteiger partial charge in [0, 0.05) is 10.6 Å². The van der Waals surface area contributed by atoms with E-state index in [1.165, 1.54) is 6.21 Å². The van der Waals surface area contributed by atoms with Gasteiger partial charge in [0.1, 0.15) is 6.61 Å². The zero-order chi connectivity index (χ0) is 23.6.